The van der Waals surface area contributed by atoms with Gasteiger partial charge in [0.15, 0.2) is 5.78 Å². The number of anilines is 1. The fraction of sp³-hybridized carbons (Fsp3) is 0.515. The standard InChI is InChI=1S/C33H44N2O5/c1-5-9-17-34(18-10-6-2)23-13-15-25(27(36)21-23)29-31(38)30(33(40)32(29)39)26-16-14-24(22-28(26)37)35(19-11-7-3)20-12-8-4/h13-16,21-22,29,36H,5-12,17-20H2,1-4H3/b30-26-. The number of allylic oxidation sites excluding steroid dienone is 4. The summed E-state index contributed by atoms with van der Waals surface area (Å²) in [6, 6.07) is 4.75. The van der Waals surface area contributed by atoms with Crippen LogP contribution in [-0.2, 0) is 14.4 Å². The molecular formula is C33H44N2O5. The molecule has 1 N–H and O–H groups in total. The zero-order chi connectivity index (χ0) is 29.2. The maximum Gasteiger partial charge on any atom is 0.234 e. The van der Waals surface area contributed by atoms with Crippen molar-refractivity contribution in [3.8, 4) is 5.75 Å². The molecule has 0 radical (unpaired) electrons. The third-order valence-corrected chi connectivity index (χ3v) is 7.64. The second-order valence-electron chi connectivity index (χ2n) is 10.7. The highest BCUT2D eigenvalue weighted by Gasteiger charge is 2.47. The largest absolute Gasteiger partial charge is 0.872 e. The Labute approximate surface area is 238 Å². The first-order valence-electron chi connectivity index (χ1n) is 14.9. The molecule has 7 nitrogen and oxygen atoms in total. The van der Waals surface area contributed by atoms with Crippen molar-refractivity contribution >= 4 is 28.7 Å². The molecule has 1 saturated carbocycles. The summed E-state index contributed by atoms with van der Waals surface area (Å²) in [6.07, 6.45) is 13.0. The van der Waals surface area contributed by atoms with Crippen LogP contribution >= 0.6 is 0 Å². The van der Waals surface area contributed by atoms with E-state index in [2.05, 4.69) is 37.2 Å². The molecule has 0 amide bonds. The number of unbranched alkanes of at least 4 members (excludes halogenated alkanes) is 4. The SMILES string of the molecule is CCCCN(CCCC)c1ccc(C2C(=O)C(=O)/C(=C3/C=CC(=[N+](CCCC)CCCC)C=C3O)C2=O)c([O-])c1. The predicted molar refractivity (Wildman–Crippen MR) is 157 cm³/mol. The van der Waals surface area contributed by atoms with Crippen LogP contribution in [0.15, 0.2) is 53.3 Å². The second kappa shape index (κ2) is 14.8. The van der Waals surface area contributed by atoms with Gasteiger partial charge in [0.1, 0.15) is 24.8 Å². The molecule has 0 spiro atoms. The van der Waals surface area contributed by atoms with E-state index in [1.807, 2.05) is 0 Å². The smallest absolute Gasteiger partial charge is 0.234 e. The lowest BCUT2D eigenvalue weighted by Crippen LogP contribution is -2.26. The number of aliphatic hydroxyl groups excluding tert-OH is 1. The maximum absolute atomic E-state index is 13.5. The van der Waals surface area contributed by atoms with Gasteiger partial charge in [0.05, 0.1) is 11.6 Å². The van der Waals surface area contributed by atoms with Gasteiger partial charge in [-0.2, -0.15) is 0 Å². The van der Waals surface area contributed by atoms with Crippen molar-refractivity contribution in [3.05, 3.63) is 58.9 Å². The van der Waals surface area contributed by atoms with Crippen LogP contribution in [0.1, 0.15) is 90.5 Å². The number of hydrogen-bond donors (Lipinski definition) is 1. The third-order valence-electron chi connectivity index (χ3n) is 7.64. The van der Waals surface area contributed by atoms with E-state index in [4.69, 9.17) is 0 Å². The molecule has 2 aliphatic rings. The van der Waals surface area contributed by atoms with E-state index in [0.717, 1.165) is 88.9 Å². The van der Waals surface area contributed by atoms with Crippen LogP contribution in [0.2, 0.25) is 0 Å². The zero-order valence-corrected chi connectivity index (χ0v) is 24.5. The first-order chi connectivity index (χ1) is 19.3. The van der Waals surface area contributed by atoms with Gasteiger partial charge in [-0.25, -0.2) is 4.58 Å². The van der Waals surface area contributed by atoms with Gasteiger partial charge in [-0.3, -0.25) is 14.4 Å². The van der Waals surface area contributed by atoms with E-state index in [1.54, 1.807) is 18.2 Å². The summed E-state index contributed by atoms with van der Waals surface area (Å²) >= 11 is 0. The van der Waals surface area contributed by atoms with E-state index in [9.17, 15) is 24.6 Å². The average molecular weight is 549 g/mol. The Hall–Kier alpha value is -3.48. The predicted octanol–water partition coefficient (Wildman–Crippen LogP) is 5.33. The highest BCUT2D eigenvalue weighted by molar-refractivity contribution is 6.61. The van der Waals surface area contributed by atoms with Crippen LogP contribution < -0.4 is 10.0 Å². The van der Waals surface area contributed by atoms with Gasteiger partial charge in [0.25, 0.3) is 0 Å². The number of ketones is 3. The Morgan fingerprint density at radius 2 is 1.45 bits per heavy atom. The van der Waals surface area contributed by atoms with Gasteiger partial charge >= 0.3 is 0 Å². The lowest BCUT2D eigenvalue weighted by molar-refractivity contribution is -0.527. The van der Waals surface area contributed by atoms with Crippen molar-refractivity contribution in [3.63, 3.8) is 0 Å². The van der Waals surface area contributed by atoms with Crippen molar-refractivity contribution in [2.75, 3.05) is 31.1 Å². The molecule has 0 aromatic heterocycles. The van der Waals surface area contributed by atoms with Crippen LogP contribution in [0.4, 0.5) is 5.69 Å². The van der Waals surface area contributed by atoms with E-state index in [0.29, 0.717) is 0 Å². The van der Waals surface area contributed by atoms with Gasteiger partial charge in [0, 0.05) is 43.3 Å². The quantitative estimate of drug-likeness (QED) is 0.111. The van der Waals surface area contributed by atoms with E-state index >= 15 is 0 Å². The molecule has 3 rings (SSSR count). The molecule has 0 aliphatic heterocycles. The van der Waals surface area contributed by atoms with E-state index in [1.165, 1.54) is 18.2 Å². The molecular weight excluding hydrogens is 504 g/mol. The summed E-state index contributed by atoms with van der Waals surface area (Å²) in [5.74, 6) is -4.74. The minimum absolute atomic E-state index is 0.00875. The molecule has 2 aliphatic carbocycles. The molecule has 40 heavy (non-hydrogen) atoms. The Bertz CT molecular complexity index is 1220. The fourth-order valence-electron chi connectivity index (χ4n) is 5.19. The molecule has 0 saturated heterocycles. The van der Waals surface area contributed by atoms with Crippen molar-refractivity contribution in [2.45, 2.75) is 85.0 Å². The Morgan fingerprint density at radius 3 is 1.98 bits per heavy atom. The van der Waals surface area contributed by atoms with E-state index < -0.39 is 29.0 Å². The Balaban J connectivity index is 1.94. The Morgan fingerprint density at radius 1 is 0.850 bits per heavy atom. The molecule has 1 unspecified atom stereocenters. The number of hydrogen-bond acceptors (Lipinski definition) is 6. The maximum atomic E-state index is 13.5. The number of benzene rings is 1. The van der Waals surface area contributed by atoms with Crippen LogP contribution in [0.5, 0.6) is 5.75 Å². The molecule has 0 bridgehead atoms. The highest BCUT2D eigenvalue weighted by atomic mass is 16.3. The van der Waals surface area contributed by atoms with Gasteiger partial charge in [0.2, 0.25) is 17.3 Å². The van der Waals surface area contributed by atoms with Crippen LogP contribution in [-0.4, -0.2) is 58.9 Å². The number of nitrogens with zero attached hydrogens (tertiary/aromatic N) is 2. The summed E-state index contributed by atoms with van der Waals surface area (Å²) in [5.41, 5.74) is 1.26. The molecule has 216 valence electrons. The fourth-order valence-corrected chi connectivity index (χ4v) is 5.19. The van der Waals surface area contributed by atoms with Crippen LogP contribution in [0, 0.1) is 0 Å². The summed E-state index contributed by atoms with van der Waals surface area (Å²) in [6.45, 7) is 11.8. The highest BCUT2D eigenvalue weighted by Crippen LogP contribution is 2.38. The van der Waals surface area contributed by atoms with E-state index in [-0.39, 0.29) is 22.5 Å². The minimum Gasteiger partial charge on any atom is -0.872 e. The number of aliphatic hydroxyl groups is 1. The van der Waals surface area contributed by atoms with Gasteiger partial charge in [-0.15, -0.1) is 5.75 Å². The monoisotopic (exact) mass is 548 g/mol. The van der Waals surface area contributed by atoms with Crippen molar-refractivity contribution in [2.24, 2.45) is 0 Å². The lowest BCUT2D eigenvalue weighted by Gasteiger charge is -2.27. The normalized spacial score (nSPS) is 19.0. The lowest BCUT2D eigenvalue weighted by atomic mass is 9.92. The van der Waals surface area contributed by atoms with Gasteiger partial charge in [-0.05, 0) is 36.6 Å². The molecule has 0 heterocycles. The summed E-state index contributed by atoms with van der Waals surface area (Å²) in [5, 5.41) is 24.1. The molecule has 1 aromatic rings. The van der Waals surface area contributed by atoms with Gasteiger partial charge < -0.3 is 15.1 Å². The summed E-state index contributed by atoms with van der Waals surface area (Å²) in [7, 11) is 0. The molecule has 7 heteroatoms. The number of rotatable bonds is 14. The van der Waals surface area contributed by atoms with Crippen LogP contribution in [0.25, 0.3) is 0 Å². The number of Topliss-reactive ketones (excluding diaryl/α,β-unsaturated/α-hetero) is 3. The summed E-state index contributed by atoms with van der Waals surface area (Å²) < 4.78 is 2.18. The first kappa shape index (κ1) is 31.1. The summed E-state index contributed by atoms with van der Waals surface area (Å²) in [4.78, 5) is 41.7. The molecule has 1 fully saturated rings. The molecule has 1 atom stereocenters. The zero-order valence-electron chi connectivity index (χ0n) is 24.5. The Kier molecular flexibility index (Phi) is 11.5. The van der Waals surface area contributed by atoms with Crippen molar-refractivity contribution < 1.29 is 29.2 Å². The average Bonchev–Trinajstić information content (AvgIpc) is 3.16. The van der Waals surface area contributed by atoms with Gasteiger partial charge in [-0.1, -0.05) is 59.4 Å². The second-order valence-corrected chi connectivity index (χ2v) is 10.7. The molecule has 1 aromatic carbocycles. The third kappa shape index (κ3) is 6.98. The van der Waals surface area contributed by atoms with Crippen molar-refractivity contribution in [1.29, 1.82) is 0 Å². The minimum atomic E-state index is -1.48. The number of carbonyl (C=O) groups is 3. The number of carbonyl (C=O) groups excluding carboxylic acids is 3. The topological polar surface area (TPSA) is 101 Å². The van der Waals surface area contributed by atoms with Crippen molar-refractivity contribution in [1.82, 2.24) is 0 Å². The first-order valence-corrected chi connectivity index (χ1v) is 14.9. The van der Waals surface area contributed by atoms with Crippen LogP contribution in [0.3, 0.4) is 0 Å².